The van der Waals surface area contributed by atoms with Crippen molar-refractivity contribution in [1.29, 1.82) is 0 Å². The van der Waals surface area contributed by atoms with Crippen LogP contribution in [0.4, 0.5) is 8.78 Å². The lowest BCUT2D eigenvalue weighted by Crippen LogP contribution is -2.63. The number of rotatable bonds is 10. The van der Waals surface area contributed by atoms with E-state index >= 15 is 0 Å². The molecule has 14 heteroatoms. The van der Waals surface area contributed by atoms with Crippen LogP contribution in [-0.2, 0) is 48.2 Å². The minimum atomic E-state index is -5.83. The predicted octanol–water partition coefficient (Wildman–Crippen LogP) is 3.29. The summed E-state index contributed by atoms with van der Waals surface area (Å²) in [5.74, 6) is -3.47. The third-order valence-corrected chi connectivity index (χ3v) is 12.4. The molecule has 0 aromatic rings. The quantitative estimate of drug-likeness (QED) is 0.214. The summed E-state index contributed by atoms with van der Waals surface area (Å²) in [7, 11) is -5.83. The molecule has 0 aromatic carbocycles. The summed E-state index contributed by atoms with van der Waals surface area (Å²) in [6, 6.07) is 0. The van der Waals surface area contributed by atoms with Gasteiger partial charge in [0.15, 0.2) is 6.10 Å². The number of carbonyl (C=O) groups is 4. The summed E-state index contributed by atoms with van der Waals surface area (Å²) in [6.45, 7) is 4.78. The number of halogens is 2. The molecule has 6 saturated carbocycles. The van der Waals surface area contributed by atoms with Gasteiger partial charge >= 0.3 is 39.2 Å². The van der Waals surface area contributed by atoms with Crippen molar-refractivity contribution in [2.45, 2.75) is 101 Å². The molecule has 1 heterocycles. The van der Waals surface area contributed by atoms with Crippen molar-refractivity contribution in [3.63, 3.8) is 0 Å². The highest BCUT2D eigenvalue weighted by Crippen LogP contribution is 2.64. The second kappa shape index (κ2) is 10.3. The normalized spacial score (nSPS) is 41.3. The maximum absolute atomic E-state index is 14.0. The third kappa shape index (κ3) is 4.76. The number of ether oxygens (including phenoxy) is 4. The molecule has 240 valence electrons. The first kappa shape index (κ1) is 30.7. The molecule has 7 atom stereocenters. The highest BCUT2D eigenvalue weighted by atomic mass is 32.2. The van der Waals surface area contributed by atoms with E-state index in [1.807, 2.05) is 0 Å². The van der Waals surface area contributed by atoms with Crippen LogP contribution >= 0.6 is 0 Å². The lowest BCUT2D eigenvalue weighted by molar-refractivity contribution is -0.231. The first-order valence-electron chi connectivity index (χ1n) is 15.2. The molecule has 7 rings (SSSR count). The van der Waals surface area contributed by atoms with E-state index in [2.05, 4.69) is 18.6 Å². The topological polar surface area (TPSA) is 160 Å². The molecule has 1 aliphatic heterocycles. The summed E-state index contributed by atoms with van der Waals surface area (Å²) in [6.07, 6.45) is 0.406. The summed E-state index contributed by atoms with van der Waals surface area (Å²) in [4.78, 5) is 51.6. The van der Waals surface area contributed by atoms with Crippen LogP contribution in [-0.4, -0.2) is 66.0 Å². The summed E-state index contributed by atoms with van der Waals surface area (Å²) >= 11 is 0. The van der Waals surface area contributed by atoms with Gasteiger partial charge in [0.05, 0.1) is 24.7 Å². The van der Waals surface area contributed by atoms with Crippen LogP contribution in [0.1, 0.15) is 72.1 Å². The SMILES string of the molecule is CC(C)C1(OC(=O)C2C3CC4C(OC(=O)C42)C3OC(=O)CCC(=O)OC(C)C(F)(F)S(=O)(=O)O)C2CC3CC(C2)CC1C3. The van der Waals surface area contributed by atoms with E-state index in [4.69, 9.17) is 18.8 Å². The first-order chi connectivity index (χ1) is 20.0. The number of carbonyl (C=O) groups excluding carboxylic acids is 4. The molecule has 1 N–H and O–H groups in total. The average Bonchev–Trinajstić information content (AvgIpc) is 3.52. The summed E-state index contributed by atoms with van der Waals surface area (Å²) < 4.78 is 79.9. The lowest BCUT2D eigenvalue weighted by Gasteiger charge is -2.62. The lowest BCUT2D eigenvalue weighted by atomic mass is 9.47. The Hall–Kier alpha value is -2.35. The van der Waals surface area contributed by atoms with E-state index in [0.29, 0.717) is 25.2 Å². The van der Waals surface area contributed by atoms with Gasteiger partial charge in [0.1, 0.15) is 17.8 Å². The summed E-state index contributed by atoms with van der Waals surface area (Å²) in [5, 5.41) is -4.73. The van der Waals surface area contributed by atoms with Crippen LogP contribution in [0.25, 0.3) is 0 Å². The van der Waals surface area contributed by atoms with Crippen LogP contribution in [0.5, 0.6) is 0 Å². The highest BCUT2D eigenvalue weighted by molar-refractivity contribution is 7.86. The van der Waals surface area contributed by atoms with Gasteiger partial charge < -0.3 is 18.9 Å². The number of fused-ring (bicyclic) bond motifs is 1. The second-order valence-electron chi connectivity index (χ2n) is 13.9. The van der Waals surface area contributed by atoms with Crippen LogP contribution in [0.3, 0.4) is 0 Å². The maximum atomic E-state index is 14.0. The van der Waals surface area contributed by atoms with Crippen molar-refractivity contribution < 1.29 is 59.9 Å². The van der Waals surface area contributed by atoms with Gasteiger partial charge in [0.25, 0.3) is 0 Å². The van der Waals surface area contributed by atoms with Gasteiger partial charge in [0.2, 0.25) is 0 Å². The largest absolute Gasteiger partial charge is 0.458 e. The fourth-order valence-electron chi connectivity index (χ4n) is 9.81. The molecule has 7 unspecified atom stereocenters. The molecule has 0 radical (unpaired) electrons. The van der Waals surface area contributed by atoms with E-state index < -0.39 is 93.8 Å². The van der Waals surface area contributed by atoms with Crippen molar-refractivity contribution in [1.82, 2.24) is 0 Å². The van der Waals surface area contributed by atoms with Crippen molar-refractivity contribution in [2.75, 3.05) is 0 Å². The van der Waals surface area contributed by atoms with E-state index in [9.17, 15) is 36.4 Å². The molecule has 43 heavy (non-hydrogen) atoms. The van der Waals surface area contributed by atoms with E-state index in [1.54, 1.807) is 0 Å². The fourth-order valence-corrected chi connectivity index (χ4v) is 10.3. The first-order valence-corrected chi connectivity index (χ1v) is 16.7. The Kier molecular flexibility index (Phi) is 7.38. The maximum Gasteiger partial charge on any atom is 0.405 e. The Balaban J connectivity index is 1.11. The van der Waals surface area contributed by atoms with Gasteiger partial charge in [-0.3, -0.25) is 23.7 Å². The van der Waals surface area contributed by atoms with Crippen molar-refractivity contribution in [3.8, 4) is 0 Å². The highest BCUT2D eigenvalue weighted by Gasteiger charge is 2.71. The molecule has 0 amide bonds. The summed E-state index contributed by atoms with van der Waals surface area (Å²) in [5.41, 5.74) is -0.593. The third-order valence-electron chi connectivity index (χ3n) is 11.3. The van der Waals surface area contributed by atoms with Gasteiger partial charge in [-0.25, -0.2) is 0 Å². The molecule has 6 aliphatic carbocycles. The number of esters is 4. The van der Waals surface area contributed by atoms with Crippen LogP contribution in [0, 0.1) is 53.3 Å². The molecule has 11 nitrogen and oxygen atoms in total. The molecule has 0 spiro atoms. The Morgan fingerprint density at radius 2 is 1.56 bits per heavy atom. The van der Waals surface area contributed by atoms with Gasteiger partial charge in [0, 0.05) is 11.8 Å². The van der Waals surface area contributed by atoms with Gasteiger partial charge in [-0.15, -0.1) is 0 Å². The Bertz CT molecular complexity index is 1290. The minimum absolute atomic E-state index is 0.0989. The van der Waals surface area contributed by atoms with Crippen molar-refractivity contribution in [3.05, 3.63) is 0 Å². The van der Waals surface area contributed by atoms with E-state index in [0.717, 1.165) is 25.7 Å². The van der Waals surface area contributed by atoms with Crippen LogP contribution in [0.2, 0.25) is 0 Å². The molecular formula is C29H38F2O11S. The molecule has 7 aliphatic rings. The standard InChI is InChI=1S/C29H38F2O11S/c1-12(2)28(16-7-14-6-15(9-16)10-17(28)8-14)42-27(35)23-19-11-18-22(23)26(34)41-25(18)24(19)40-21(33)5-4-20(32)39-13(3)29(30,31)43(36,37)38/h12-19,22-25H,4-11H2,1-3H3,(H,36,37,38). The Morgan fingerprint density at radius 3 is 2.12 bits per heavy atom. The Labute approximate surface area is 248 Å². The number of hydrogen-bond donors (Lipinski definition) is 1. The number of alkyl halides is 2. The van der Waals surface area contributed by atoms with E-state index in [1.165, 1.54) is 6.42 Å². The molecule has 0 aromatic heterocycles. The Morgan fingerprint density at radius 1 is 0.977 bits per heavy atom. The zero-order chi connectivity index (χ0) is 31.2. The zero-order valence-corrected chi connectivity index (χ0v) is 25.1. The van der Waals surface area contributed by atoms with Crippen molar-refractivity contribution >= 4 is 34.0 Å². The van der Waals surface area contributed by atoms with Crippen LogP contribution in [0.15, 0.2) is 0 Å². The molecular weight excluding hydrogens is 594 g/mol. The van der Waals surface area contributed by atoms with Crippen molar-refractivity contribution in [2.24, 2.45) is 53.3 Å². The smallest absolute Gasteiger partial charge is 0.405 e. The molecule has 6 bridgehead atoms. The fraction of sp³-hybridized carbons (Fsp3) is 0.862. The van der Waals surface area contributed by atoms with Gasteiger partial charge in [-0.05, 0) is 75.0 Å². The van der Waals surface area contributed by atoms with Gasteiger partial charge in [-0.2, -0.15) is 17.2 Å². The van der Waals surface area contributed by atoms with E-state index in [-0.39, 0.29) is 23.7 Å². The predicted molar refractivity (Wildman–Crippen MR) is 140 cm³/mol. The van der Waals surface area contributed by atoms with Crippen LogP contribution < -0.4 is 0 Å². The molecule has 1 saturated heterocycles. The second-order valence-corrected chi connectivity index (χ2v) is 15.4. The average molecular weight is 633 g/mol. The zero-order valence-electron chi connectivity index (χ0n) is 24.3. The minimum Gasteiger partial charge on any atom is -0.458 e. The number of hydrogen-bond acceptors (Lipinski definition) is 10. The molecule has 7 fully saturated rings. The monoisotopic (exact) mass is 632 g/mol. The van der Waals surface area contributed by atoms with Gasteiger partial charge in [-0.1, -0.05) is 13.8 Å².